The van der Waals surface area contributed by atoms with Gasteiger partial charge in [-0.1, -0.05) is 257 Å². The molecule has 0 aliphatic heterocycles. The first-order valence-electron chi connectivity index (χ1n) is 27.3. The highest BCUT2D eigenvalue weighted by Gasteiger charge is 2.19. The van der Waals surface area contributed by atoms with E-state index in [9.17, 15) is 14.4 Å². The minimum atomic E-state index is -0.772. The second kappa shape index (κ2) is 51.5. The van der Waals surface area contributed by atoms with Gasteiger partial charge in [0.05, 0.1) is 0 Å². The summed E-state index contributed by atoms with van der Waals surface area (Å²) in [6.45, 7) is 6.62. The number of unbranched alkanes of at least 4 members (excludes halogenated alkanes) is 35. The van der Waals surface area contributed by atoms with Crippen molar-refractivity contribution in [3.05, 3.63) is 24.3 Å². The molecule has 0 aromatic carbocycles. The Hall–Kier alpha value is -2.11. The van der Waals surface area contributed by atoms with Crippen molar-refractivity contribution in [2.24, 2.45) is 0 Å². The Bertz CT molecular complexity index is 1000. The number of allylic oxidation sites excluding steroid dienone is 4. The lowest BCUT2D eigenvalue weighted by Gasteiger charge is -2.18. The summed E-state index contributed by atoms with van der Waals surface area (Å²) in [5.74, 6) is -0.870. The Balaban J connectivity index is 4.28. The summed E-state index contributed by atoms with van der Waals surface area (Å²) in [7, 11) is 0. The molecule has 0 aromatic rings. The van der Waals surface area contributed by atoms with Gasteiger partial charge in [-0.05, 0) is 44.9 Å². The predicted octanol–water partition coefficient (Wildman–Crippen LogP) is 17.9. The van der Waals surface area contributed by atoms with E-state index < -0.39 is 6.10 Å². The number of rotatable bonds is 50. The average molecular weight is 873 g/mol. The van der Waals surface area contributed by atoms with Gasteiger partial charge in [0, 0.05) is 19.3 Å². The molecular formula is C56H104O6. The molecule has 0 radical (unpaired) electrons. The average Bonchev–Trinajstić information content (AvgIpc) is 3.27. The van der Waals surface area contributed by atoms with Gasteiger partial charge < -0.3 is 14.2 Å². The summed E-state index contributed by atoms with van der Waals surface area (Å²) in [5, 5.41) is 0. The molecule has 0 aliphatic carbocycles. The number of ether oxygens (including phenoxy) is 3. The zero-order valence-corrected chi connectivity index (χ0v) is 41.7. The third-order valence-corrected chi connectivity index (χ3v) is 12.2. The maximum Gasteiger partial charge on any atom is 0.306 e. The van der Waals surface area contributed by atoms with Crippen molar-refractivity contribution in [2.75, 3.05) is 13.2 Å². The van der Waals surface area contributed by atoms with Crippen LogP contribution < -0.4 is 0 Å². The van der Waals surface area contributed by atoms with E-state index in [1.807, 2.05) is 0 Å². The molecule has 0 saturated heterocycles. The summed E-state index contributed by atoms with van der Waals surface area (Å²) in [6, 6.07) is 0. The molecule has 1 atom stereocenters. The number of carbonyl (C=O) groups is 3. The molecule has 6 nitrogen and oxygen atoms in total. The monoisotopic (exact) mass is 873 g/mol. The molecule has 62 heavy (non-hydrogen) atoms. The number of carbonyl (C=O) groups excluding carboxylic acids is 3. The van der Waals surface area contributed by atoms with Crippen LogP contribution in [-0.4, -0.2) is 37.2 Å². The lowest BCUT2D eigenvalue weighted by Crippen LogP contribution is -2.30. The molecule has 0 rings (SSSR count). The van der Waals surface area contributed by atoms with Crippen molar-refractivity contribution in [1.29, 1.82) is 0 Å². The Morgan fingerprint density at radius 2 is 0.597 bits per heavy atom. The molecular weight excluding hydrogens is 769 g/mol. The van der Waals surface area contributed by atoms with Gasteiger partial charge in [0.1, 0.15) is 13.2 Å². The zero-order valence-electron chi connectivity index (χ0n) is 41.7. The van der Waals surface area contributed by atoms with Gasteiger partial charge in [-0.25, -0.2) is 0 Å². The van der Waals surface area contributed by atoms with Crippen molar-refractivity contribution < 1.29 is 28.6 Å². The van der Waals surface area contributed by atoms with Crippen molar-refractivity contribution >= 4 is 17.9 Å². The van der Waals surface area contributed by atoms with Gasteiger partial charge in [-0.15, -0.1) is 0 Å². The third-order valence-electron chi connectivity index (χ3n) is 12.2. The highest BCUT2D eigenvalue weighted by Crippen LogP contribution is 2.17. The summed E-state index contributed by atoms with van der Waals surface area (Å²) in [5.41, 5.74) is 0. The quantitative estimate of drug-likeness (QED) is 0.0262. The maximum atomic E-state index is 12.8. The first kappa shape index (κ1) is 59.9. The largest absolute Gasteiger partial charge is 0.462 e. The second-order valence-electron chi connectivity index (χ2n) is 18.5. The summed E-state index contributed by atoms with van der Waals surface area (Å²) < 4.78 is 16.8. The highest BCUT2D eigenvalue weighted by atomic mass is 16.6. The first-order valence-corrected chi connectivity index (χ1v) is 27.3. The fourth-order valence-electron chi connectivity index (χ4n) is 8.05. The van der Waals surface area contributed by atoms with Crippen molar-refractivity contribution in [3.63, 3.8) is 0 Å². The Morgan fingerprint density at radius 3 is 0.935 bits per heavy atom. The molecule has 0 aliphatic rings. The first-order chi connectivity index (χ1) is 30.5. The minimum absolute atomic E-state index is 0.0720. The smallest absolute Gasteiger partial charge is 0.306 e. The minimum Gasteiger partial charge on any atom is -0.462 e. The third kappa shape index (κ3) is 48.9. The molecule has 0 spiro atoms. The lowest BCUT2D eigenvalue weighted by molar-refractivity contribution is -0.167. The molecule has 0 saturated carbocycles. The Morgan fingerprint density at radius 1 is 0.323 bits per heavy atom. The van der Waals surface area contributed by atoms with Crippen LogP contribution in [0.2, 0.25) is 0 Å². The maximum absolute atomic E-state index is 12.8. The Labute approximate surface area is 385 Å². The van der Waals surface area contributed by atoms with E-state index >= 15 is 0 Å². The Kier molecular flexibility index (Phi) is 49.8. The van der Waals surface area contributed by atoms with Gasteiger partial charge >= 0.3 is 17.9 Å². The molecule has 364 valence electrons. The van der Waals surface area contributed by atoms with Crippen LogP contribution in [0.1, 0.15) is 297 Å². The molecule has 0 heterocycles. The molecule has 0 amide bonds. The number of esters is 3. The SMILES string of the molecule is CCCC/C=C\C/C=C\CCCCCCCC(=O)O[C@H](COC(=O)CCCCCCCCCCCCC)COC(=O)CCCCCCCCCCCCCCCCCCCCC. The molecule has 0 fully saturated rings. The van der Waals surface area contributed by atoms with E-state index in [-0.39, 0.29) is 31.1 Å². The van der Waals surface area contributed by atoms with Gasteiger partial charge in [0.15, 0.2) is 6.10 Å². The second-order valence-corrected chi connectivity index (χ2v) is 18.5. The van der Waals surface area contributed by atoms with Gasteiger partial charge in [-0.2, -0.15) is 0 Å². The van der Waals surface area contributed by atoms with E-state index in [1.54, 1.807) is 0 Å². The van der Waals surface area contributed by atoms with Crippen LogP contribution in [0.25, 0.3) is 0 Å². The van der Waals surface area contributed by atoms with Crippen LogP contribution in [0.15, 0.2) is 24.3 Å². The predicted molar refractivity (Wildman–Crippen MR) is 266 cm³/mol. The van der Waals surface area contributed by atoms with E-state index in [1.165, 1.54) is 173 Å². The number of hydrogen-bond donors (Lipinski definition) is 0. The standard InChI is InChI=1S/C56H104O6/c1-4-7-10-13-16-19-22-24-26-27-28-29-30-32-34-37-40-43-46-49-55(58)61-52-53(51-60-54(57)48-45-42-39-36-33-21-18-15-12-9-6-3)62-56(59)50-47-44-41-38-35-31-25-23-20-17-14-11-8-5-2/h14,17,23,25,53H,4-13,15-16,18-22,24,26-52H2,1-3H3/b17-14-,25-23-/t53-/m1/s1. The summed E-state index contributed by atoms with van der Waals surface area (Å²) >= 11 is 0. The molecule has 0 aromatic heterocycles. The summed E-state index contributed by atoms with van der Waals surface area (Å²) in [4.78, 5) is 38.0. The van der Waals surface area contributed by atoms with Gasteiger partial charge in [0.25, 0.3) is 0 Å². The van der Waals surface area contributed by atoms with Crippen LogP contribution in [0, 0.1) is 0 Å². The van der Waals surface area contributed by atoms with Gasteiger partial charge in [-0.3, -0.25) is 14.4 Å². The molecule has 0 unspecified atom stereocenters. The van der Waals surface area contributed by atoms with E-state index in [0.29, 0.717) is 19.3 Å². The topological polar surface area (TPSA) is 78.9 Å². The fraction of sp³-hybridized carbons (Fsp3) is 0.875. The van der Waals surface area contributed by atoms with Crippen molar-refractivity contribution in [1.82, 2.24) is 0 Å². The highest BCUT2D eigenvalue weighted by molar-refractivity contribution is 5.71. The molecule has 0 bridgehead atoms. The van der Waals surface area contributed by atoms with Crippen LogP contribution in [-0.2, 0) is 28.6 Å². The molecule has 0 N–H and O–H groups in total. The zero-order chi connectivity index (χ0) is 45.1. The van der Waals surface area contributed by atoms with Crippen molar-refractivity contribution in [2.45, 2.75) is 303 Å². The van der Waals surface area contributed by atoms with Crippen LogP contribution in [0.4, 0.5) is 0 Å². The lowest BCUT2D eigenvalue weighted by atomic mass is 10.0. The normalized spacial score (nSPS) is 12.1. The fourth-order valence-corrected chi connectivity index (χ4v) is 8.05. The van der Waals surface area contributed by atoms with E-state index in [2.05, 4.69) is 45.1 Å². The van der Waals surface area contributed by atoms with Crippen LogP contribution >= 0.6 is 0 Å². The number of hydrogen-bond acceptors (Lipinski definition) is 6. The van der Waals surface area contributed by atoms with Gasteiger partial charge in [0.2, 0.25) is 0 Å². The molecule has 6 heteroatoms. The van der Waals surface area contributed by atoms with Crippen LogP contribution in [0.5, 0.6) is 0 Å². The summed E-state index contributed by atoms with van der Waals surface area (Å²) in [6.07, 6.45) is 58.8. The van der Waals surface area contributed by atoms with Crippen molar-refractivity contribution in [3.8, 4) is 0 Å². The van der Waals surface area contributed by atoms with E-state index in [0.717, 1.165) is 83.5 Å². The van der Waals surface area contributed by atoms with E-state index in [4.69, 9.17) is 14.2 Å². The van der Waals surface area contributed by atoms with Crippen LogP contribution in [0.3, 0.4) is 0 Å².